The number of nitrogens with two attached hydrogens (primary N) is 2. The molecule has 1 unspecified atom stereocenters. The van der Waals surface area contributed by atoms with Crippen LogP contribution in [0.15, 0.2) is 48.8 Å². The Balaban J connectivity index is 1.69. The van der Waals surface area contributed by atoms with Crippen molar-refractivity contribution in [3.63, 3.8) is 0 Å². The molecule has 0 radical (unpaired) electrons. The number of benzene rings is 2. The first-order valence-corrected chi connectivity index (χ1v) is 12.3. The third kappa shape index (κ3) is 5.29. The van der Waals surface area contributed by atoms with E-state index in [0.29, 0.717) is 6.61 Å². The quantitative estimate of drug-likeness (QED) is 0.303. The van der Waals surface area contributed by atoms with E-state index in [1.165, 1.54) is 22.3 Å². The first-order valence-electron chi connectivity index (χ1n) is 12.3. The first kappa shape index (κ1) is 25.0. The van der Waals surface area contributed by atoms with E-state index in [0.717, 1.165) is 47.9 Å². The minimum Gasteiger partial charge on any atom is -0.492 e. The Kier molecular flexibility index (Phi) is 7.06. The molecule has 0 amide bonds. The smallest absolute Gasteiger partial charge is 0.126 e. The highest BCUT2D eigenvalue weighted by molar-refractivity contribution is 5.72. The molecule has 186 valence electrons. The number of pyridine rings is 1. The molecule has 4 rings (SSSR count). The van der Waals surface area contributed by atoms with Gasteiger partial charge in [-0.05, 0) is 59.2 Å². The van der Waals surface area contributed by atoms with Crippen molar-refractivity contribution in [2.75, 3.05) is 30.9 Å². The van der Waals surface area contributed by atoms with Crippen LogP contribution in [0.5, 0.6) is 5.75 Å². The monoisotopic (exact) mass is 473 g/mol. The zero-order chi connectivity index (χ0) is 25.3. The van der Waals surface area contributed by atoms with Gasteiger partial charge in [-0.25, -0.2) is 5.84 Å². The Bertz CT molecular complexity index is 1200. The zero-order valence-electron chi connectivity index (χ0n) is 21.9. The van der Waals surface area contributed by atoms with Gasteiger partial charge >= 0.3 is 0 Å². The van der Waals surface area contributed by atoms with E-state index in [4.69, 9.17) is 16.3 Å². The lowest BCUT2D eigenvalue weighted by Gasteiger charge is -2.34. The van der Waals surface area contributed by atoms with E-state index in [1.807, 2.05) is 25.4 Å². The van der Waals surface area contributed by atoms with Crippen molar-refractivity contribution in [1.82, 2.24) is 9.88 Å². The minimum atomic E-state index is 0.000908. The lowest BCUT2D eigenvalue weighted by Crippen LogP contribution is -2.27. The van der Waals surface area contributed by atoms with E-state index in [9.17, 15) is 0 Å². The second kappa shape index (κ2) is 9.88. The van der Waals surface area contributed by atoms with Crippen LogP contribution in [0, 0.1) is 19.3 Å². The van der Waals surface area contributed by atoms with Crippen molar-refractivity contribution in [3.05, 3.63) is 82.2 Å². The van der Waals surface area contributed by atoms with Crippen LogP contribution in [0.1, 0.15) is 60.1 Å². The summed E-state index contributed by atoms with van der Waals surface area (Å²) in [5.74, 6) is 7.15. The maximum Gasteiger partial charge on any atom is 0.126 e. The van der Waals surface area contributed by atoms with E-state index < -0.39 is 0 Å². The molecule has 1 atom stereocenters. The molecule has 2 heterocycles. The number of aryl methyl sites for hydroxylation is 1. The molecule has 1 aromatic heterocycles. The summed E-state index contributed by atoms with van der Waals surface area (Å²) >= 11 is 0. The fourth-order valence-corrected chi connectivity index (χ4v) is 5.19. The fourth-order valence-electron chi connectivity index (χ4n) is 5.19. The SMILES string of the molecule is Cc1ccc(C(c2ccc(N(C)N)c(N)c2C)C(C)(C)C)cc1CN1CCOc2ccncc2C1. The summed E-state index contributed by atoms with van der Waals surface area (Å²) in [5, 5.41) is 1.58. The predicted octanol–water partition coefficient (Wildman–Crippen LogP) is 5.16. The molecule has 6 heteroatoms. The number of hydrogen-bond acceptors (Lipinski definition) is 6. The third-order valence-corrected chi connectivity index (χ3v) is 7.11. The Labute approximate surface area is 209 Å². The average Bonchev–Trinajstić information content (AvgIpc) is 2.99. The third-order valence-electron chi connectivity index (χ3n) is 7.11. The van der Waals surface area contributed by atoms with E-state index in [2.05, 4.69) is 68.8 Å². The summed E-state index contributed by atoms with van der Waals surface area (Å²) in [6.45, 7) is 14.5. The van der Waals surface area contributed by atoms with Crippen LogP contribution < -0.4 is 21.3 Å². The second-order valence-corrected chi connectivity index (χ2v) is 10.9. The molecule has 6 nitrogen and oxygen atoms in total. The highest BCUT2D eigenvalue weighted by Crippen LogP contribution is 2.44. The normalized spacial score (nSPS) is 15.2. The van der Waals surface area contributed by atoms with Crippen LogP contribution >= 0.6 is 0 Å². The number of hydrazine groups is 1. The van der Waals surface area contributed by atoms with Gasteiger partial charge in [0.25, 0.3) is 0 Å². The molecule has 0 bridgehead atoms. The highest BCUT2D eigenvalue weighted by atomic mass is 16.5. The number of ether oxygens (including phenoxy) is 1. The molecule has 3 aromatic rings. The lowest BCUT2D eigenvalue weighted by molar-refractivity contribution is 0.219. The van der Waals surface area contributed by atoms with Crippen LogP contribution in [-0.4, -0.2) is 30.1 Å². The predicted molar refractivity (Wildman–Crippen MR) is 145 cm³/mol. The van der Waals surface area contributed by atoms with Crippen molar-refractivity contribution < 1.29 is 4.74 Å². The number of fused-ring (bicyclic) bond motifs is 1. The van der Waals surface area contributed by atoms with E-state index in [-0.39, 0.29) is 11.3 Å². The van der Waals surface area contributed by atoms with Gasteiger partial charge in [-0.3, -0.25) is 9.88 Å². The molecule has 2 aromatic carbocycles. The number of anilines is 2. The molecular weight excluding hydrogens is 434 g/mol. The van der Waals surface area contributed by atoms with Crippen LogP contribution in [0.25, 0.3) is 0 Å². The Morgan fingerprint density at radius 2 is 1.91 bits per heavy atom. The van der Waals surface area contributed by atoms with Gasteiger partial charge < -0.3 is 15.5 Å². The molecule has 0 saturated heterocycles. The van der Waals surface area contributed by atoms with Crippen molar-refractivity contribution in [2.45, 2.75) is 53.6 Å². The number of nitrogen functional groups attached to an aromatic ring is 1. The number of rotatable bonds is 5. The summed E-state index contributed by atoms with van der Waals surface area (Å²) in [7, 11) is 1.82. The molecular formula is C29H39N5O. The lowest BCUT2D eigenvalue weighted by atomic mass is 9.71. The van der Waals surface area contributed by atoms with Gasteiger partial charge in [-0.15, -0.1) is 0 Å². The average molecular weight is 474 g/mol. The molecule has 35 heavy (non-hydrogen) atoms. The number of hydrogen-bond donors (Lipinski definition) is 2. The summed E-state index contributed by atoms with van der Waals surface area (Å²) in [6.07, 6.45) is 3.71. The molecule has 0 fully saturated rings. The standard InChI is InChI=1S/C29H39N5O/c1-19-7-8-21(15-22(19)17-34-13-14-35-26-11-12-32-16-23(26)18-34)27(29(3,4)5)24-9-10-25(33(6)31)28(30)20(24)2/h7-12,15-16,27H,13-14,17-18,30-31H2,1-6H3. The molecule has 0 saturated carbocycles. The van der Waals surface area contributed by atoms with E-state index >= 15 is 0 Å². The van der Waals surface area contributed by atoms with Crippen LogP contribution in [-0.2, 0) is 13.1 Å². The zero-order valence-corrected chi connectivity index (χ0v) is 21.9. The van der Waals surface area contributed by atoms with Crippen molar-refractivity contribution in [1.29, 1.82) is 0 Å². The summed E-state index contributed by atoms with van der Waals surface area (Å²) < 4.78 is 5.96. The van der Waals surface area contributed by atoms with Crippen LogP contribution in [0.4, 0.5) is 11.4 Å². The molecule has 0 spiro atoms. The highest BCUT2D eigenvalue weighted by Gasteiger charge is 2.30. The summed E-state index contributed by atoms with van der Waals surface area (Å²) in [5.41, 5.74) is 15.6. The maximum absolute atomic E-state index is 6.53. The Morgan fingerprint density at radius 1 is 1.14 bits per heavy atom. The summed E-state index contributed by atoms with van der Waals surface area (Å²) in [6, 6.07) is 13.1. The molecule has 1 aliphatic heterocycles. The number of nitrogens with zero attached hydrogens (tertiary/aromatic N) is 3. The van der Waals surface area contributed by atoms with Gasteiger partial charge in [-0.1, -0.05) is 45.0 Å². The van der Waals surface area contributed by atoms with Gasteiger partial charge in [0, 0.05) is 50.6 Å². The van der Waals surface area contributed by atoms with Gasteiger partial charge in [0.1, 0.15) is 12.4 Å². The molecule has 1 aliphatic rings. The second-order valence-electron chi connectivity index (χ2n) is 10.9. The largest absolute Gasteiger partial charge is 0.492 e. The van der Waals surface area contributed by atoms with Crippen LogP contribution in [0.3, 0.4) is 0 Å². The first-order chi connectivity index (χ1) is 16.6. The maximum atomic E-state index is 6.53. The Hall–Kier alpha value is -3.09. The molecule has 0 aliphatic carbocycles. The van der Waals surface area contributed by atoms with Crippen LogP contribution in [0.2, 0.25) is 0 Å². The fraction of sp³-hybridized carbons (Fsp3) is 0.414. The van der Waals surface area contributed by atoms with Gasteiger partial charge in [0.05, 0.1) is 11.4 Å². The van der Waals surface area contributed by atoms with Gasteiger partial charge in [0.2, 0.25) is 0 Å². The van der Waals surface area contributed by atoms with Crippen molar-refractivity contribution in [2.24, 2.45) is 11.3 Å². The summed E-state index contributed by atoms with van der Waals surface area (Å²) in [4.78, 5) is 6.75. The van der Waals surface area contributed by atoms with Crippen molar-refractivity contribution >= 4 is 11.4 Å². The molecule has 4 N–H and O–H groups in total. The van der Waals surface area contributed by atoms with Gasteiger partial charge in [0.15, 0.2) is 0 Å². The van der Waals surface area contributed by atoms with Crippen molar-refractivity contribution in [3.8, 4) is 5.75 Å². The van der Waals surface area contributed by atoms with E-state index in [1.54, 1.807) is 11.2 Å². The minimum absolute atomic E-state index is 0.000908. The Morgan fingerprint density at radius 3 is 2.63 bits per heavy atom. The number of aromatic nitrogens is 1. The van der Waals surface area contributed by atoms with Gasteiger partial charge in [-0.2, -0.15) is 0 Å². The topological polar surface area (TPSA) is 80.6 Å².